The van der Waals surface area contributed by atoms with Crippen molar-refractivity contribution in [1.82, 2.24) is 0 Å². The highest BCUT2D eigenvalue weighted by molar-refractivity contribution is 5.28. The molecule has 80 valence electrons. The van der Waals surface area contributed by atoms with Gasteiger partial charge in [0.25, 0.3) is 0 Å². The molecule has 0 saturated heterocycles. The lowest BCUT2D eigenvalue weighted by molar-refractivity contribution is 0.202. The first-order valence-electron chi connectivity index (χ1n) is 5.42. The molecule has 15 heavy (non-hydrogen) atoms. The van der Waals surface area contributed by atoms with Crippen LogP contribution in [-0.2, 0) is 6.42 Å². The van der Waals surface area contributed by atoms with Gasteiger partial charge in [-0.3, -0.25) is 0 Å². The molecule has 1 aromatic carbocycles. The summed E-state index contributed by atoms with van der Waals surface area (Å²) in [5.41, 5.74) is 1.26. The summed E-state index contributed by atoms with van der Waals surface area (Å²) in [5.74, 6) is 0.872. The van der Waals surface area contributed by atoms with Gasteiger partial charge in [-0.1, -0.05) is 26.0 Å². The normalized spacial score (nSPS) is 11.8. The Balaban J connectivity index is 2.66. The average molecular weight is 203 g/mol. The summed E-state index contributed by atoms with van der Waals surface area (Å²) in [6.45, 7) is 4.15. The van der Waals surface area contributed by atoms with Gasteiger partial charge in [0.1, 0.15) is 11.9 Å². The molecule has 0 aliphatic heterocycles. The molecule has 0 amide bonds. The molecule has 0 aromatic heterocycles. The number of nitrogens with zero attached hydrogens (tertiary/aromatic N) is 1. The van der Waals surface area contributed by atoms with E-state index in [2.05, 4.69) is 19.1 Å². The Morgan fingerprint density at radius 1 is 1.40 bits per heavy atom. The summed E-state index contributed by atoms with van der Waals surface area (Å²) in [4.78, 5) is 0. The van der Waals surface area contributed by atoms with Crippen LogP contribution in [0.2, 0.25) is 0 Å². The van der Waals surface area contributed by atoms with Crippen molar-refractivity contribution in [2.45, 2.75) is 39.2 Å². The molecule has 0 bridgehead atoms. The fraction of sp³-hybridized carbons (Fsp3) is 0.462. The van der Waals surface area contributed by atoms with Crippen molar-refractivity contribution < 1.29 is 4.74 Å². The number of benzene rings is 1. The number of hydrogen-bond acceptors (Lipinski definition) is 2. The van der Waals surface area contributed by atoms with Gasteiger partial charge in [-0.2, -0.15) is 5.26 Å². The Morgan fingerprint density at radius 3 is 2.80 bits per heavy atom. The van der Waals surface area contributed by atoms with Crippen LogP contribution in [0.15, 0.2) is 24.3 Å². The molecule has 1 unspecified atom stereocenters. The molecule has 0 aliphatic carbocycles. The van der Waals surface area contributed by atoms with E-state index in [1.165, 1.54) is 5.56 Å². The molecule has 0 fully saturated rings. The van der Waals surface area contributed by atoms with Crippen molar-refractivity contribution in [1.29, 1.82) is 5.26 Å². The van der Waals surface area contributed by atoms with Crippen LogP contribution in [0.5, 0.6) is 5.75 Å². The van der Waals surface area contributed by atoms with Gasteiger partial charge in [-0.25, -0.2) is 0 Å². The molecule has 2 heteroatoms. The standard InChI is InChI=1S/C13H17NO/c1-3-11-6-5-7-13(10-11)15-12(4-2)8-9-14/h5-7,10,12H,3-4,8H2,1-2H3. The first-order valence-corrected chi connectivity index (χ1v) is 5.42. The summed E-state index contributed by atoms with van der Waals surface area (Å²) >= 11 is 0. The minimum absolute atomic E-state index is 0.0158. The Labute approximate surface area is 91.5 Å². The van der Waals surface area contributed by atoms with Gasteiger partial charge in [-0.15, -0.1) is 0 Å². The lowest BCUT2D eigenvalue weighted by Gasteiger charge is -2.14. The predicted molar refractivity (Wildman–Crippen MR) is 60.8 cm³/mol. The van der Waals surface area contributed by atoms with E-state index in [4.69, 9.17) is 10.00 Å². The fourth-order valence-corrected chi connectivity index (χ4v) is 1.40. The van der Waals surface area contributed by atoms with E-state index in [1.807, 2.05) is 25.1 Å². The van der Waals surface area contributed by atoms with Gasteiger partial charge in [0, 0.05) is 0 Å². The molecule has 0 aliphatic rings. The molecule has 1 aromatic rings. The van der Waals surface area contributed by atoms with Crippen molar-refractivity contribution >= 4 is 0 Å². The Bertz CT molecular complexity index is 341. The topological polar surface area (TPSA) is 33.0 Å². The lowest BCUT2D eigenvalue weighted by atomic mass is 10.1. The van der Waals surface area contributed by atoms with Gasteiger partial charge >= 0.3 is 0 Å². The van der Waals surface area contributed by atoms with E-state index in [0.29, 0.717) is 6.42 Å². The summed E-state index contributed by atoms with van der Waals surface area (Å²) in [7, 11) is 0. The Morgan fingerprint density at radius 2 is 2.20 bits per heavy atom. The molecule has 0 N–H and O–H groups in total. The molecular formula is C13H17NO. The summed E-state index contributed by atoms with van der Waals surface area (Å²) in [5, 5.41) is 8.62. The summed E-state index contributed by atoms with van der Waals surface area (Å²) in [6.07, 6.45) is 2.34. The van der Waals surface area contributed by atoms with E-state index in [-0.39, 0.29) is 6.10 Å². The molecule has 0 spiro atoms. The lowest BCUT2D eigenvalue weighted by Crippen LogP contribution is -2.14. The monoisotopic (exact) mass is 203 g/mol. The SMILES string of the molecule is CCc1cccc(OC(CC)CC#N)c1. The van der Waals surface area contributed by atoms with Gasteiger partial charge in [-0.05, 0) is 30.5 Å². The number of nitriles is 1. The summed E-state index contributed by atoms with van der Waals surface area (Å²) in [6, 6.07) is 10.2. The van der Waals surface area contributed by atoms with Crippen LogP contribution in [0.1, 0.15) is 32.3 Å². The zero-order valence-corrected chi connectivity index (χ0v) is 9.36. The van der Waals surface area contributed by atoms with E-state index in [1.54, 1.807) is 0 Å². The largest absolute Gasteiger partial charge is 0.489 e. The molecule has 0 heterocycles. The minimum atomic E-state index is 0.0158. The fourth-order valence-electron chi connectivity index (χ4n) is 1.40. The maximum atomic E-state index is 8.62. The quantitative estimate of drug-likeness (QED) is 0.735. The molecular weight excluding hydrogens is 186 g/mol. The number of aryl methyl sites for hydroxylation is 1. The minimum Gasteiger partial charge on any atom is -0.489 e. The van der Waals surface area contributed by atoms with Crippen LogP contribution >= 0.6 is 0 Å². The van der Waals surface area contributed by atoms with Crippen LogP contribution in [0.3, 0.4) is 0 Å². The van der Waals surface area contributed by atoms with Crippen molar-refractivity contribution in [3.63, 3.8) is 0 Å². The molecule has 0 saturated carbocycles. The third-order valence-electron chi connectivity index (χ3n) is 2.38. The van der Waals surface area contributed by atoms with Crippen LogP contribution < -0.4 is 4.74 Å². The highest BCUT2D eigenvalue weighted by Crippen LogP contribution is 2.17. The Kier molecular flexibility index (Phi) is 4.70. The molecule has 1 rings (SSSR count). The smallest absolute Gasteiger partial charge is 0.120 e. The highest BCUT2D eigenvalue weighted by atomic mass is 16.5. The van der Waals surface area contributed by atoms with Gasteiger partial charge in [0.05, 0.1) is 12.5 Å². The third-order valence-corrected chi connectivity index (χ3v) is 2.38. The van der Waals surface area contributed by atoms with Crippen LogP contribution in [-0.4, -0.2) is 6.10 Å². The number of rotatable bonds is 5. The molecule has 1 atom stereocenters. The van der Waals surface area contributed by atoms with Crippen LogP contribution in [0.4, 0.5) is 0 Å². The van der Waals surface area contributed by atoms with Crippen molar-refractivity contribution in [3.05, 3.63) is 29.8 Å². The van der Waals surface area contributed by atoms with E-state index >= 15 is 0 Å². The van der Waals surface area contributed by atoms with Crippen LogP contribution in [0.25, 0.3) is 0 Å². The number of ether oxygens (including phenoxy) is 1. The Hall–Kier alpha value is -1.49. The van der Waals surface area contributed by atoms with Crippen molar-refractivity contribution in [2.24, 2.45) is 0 Å². The van der Waals surface area contributed by atoms with Gasteiger partial charge in [0.15, 0.2) is 0 Å². The average Bonchev–Trinajstić information content (AvgIpc) is 2.29. The van der Waals surface area contributed by atoms with Gasteiger partial charge in [0.2, 0.25) is 0 Å². The van der Waals surface area contributed by atoms with Gasteiger partial charge < -0.3 is 4.74 Å². The van der Waals surface area contributed by atoms with E-state index in [0.717, 1.165) is 18.6 Å². The molecule has 0 radical (unpaired) electrons. The number of hydrogen-bond donors (Lipinski definition) is 0. The third kappa shape index (κ3) is 3.63. The highest BCUT2D eigenvalue weighted by Gasteiger charge is 2.07. The maximum absolute atomic E-state index is 8.62. The first-order chi connectivity index (χ1) is 7.30. The first kappa shape index (κ1) is 11.6. The van der Waals surface area contributed by atoms with Crippen LogP contribution in [0, 0.1) is 11.3 Å². The predicted octanol–water partition coefficient (Wildman–Crippen LogP) is 3.32. The second-order valence-corrected chi connectivity index (χ2v) is 3.51. The van der Waals surface area contributed by atoms with E-state index in [9.17, 15) is 0 Å². The zero-order chi connectivity index (χ0) is 11.1. The second-order valence-electron chi connectivity index (χ2n) is 3.51. The zero-order valence-electron chi connectivity index (χ0n) is 9.36. The van der Waals surface area contributed by atoms with E-state index < -0.39 is 0 Å². The van der Waals surface area contributed by atoms with Crippen molar-refractivity contribution in [3.8, 4) is 11.8 Å². The molecule has 2 nitrogen and oxygen atoms in total. The second kappa shape index (κ2) is 6.08. The summed E-state index contributed by atoms with van der Waals surface area (Å²) < 4.78 is 5.72. The maximum Gasteiger partial charge on any atom is 0.120 e. The van der Waals surface area contributed by atoms with Crippen molar-refractivity contribution in [2.75, 3.05) is 0 Å².